The average Bonchev–Trinajstić information content (AvgIpc) is 2.20. The van der Waals surface area contributed by atoms with Crippen LogP contribution in [0, 0.1) is 12.1 Å². The van der Waals surface area contributed by atoms with Crippen molar-refractivity contribution in [3.63, 3.8) is 0 Å². The molecule has 0 amide bonds. The number of hydroxylamine groups is 3. The van der Waals surface area contributed by atoms with E-state index in [1.54, 1.807) is 7.05 Å². The van der Waals surface area contributed by atoms with Gasteiger partial charge in [-0.15, -0.1) is 0 Å². The monoisotopic (exact) mass is 206 g/mol. The molecule has 1 fully saturated rings. The lowest BCUT2D eigenvalue weighted by Crippen LogP contribution is -2.53. The molecule has 82 valence electrons. The van der Waals surface area contributed by atoms with Crippen molar-refractivity contribution in [3.05, 3.63) is 35.0 Å². The number of hydrogen-bond acceptors (Lipinski definition) is 2. The maximum Gasteiger partial charge on any atom is 0.0960 e. The Morgan fingerprint density at radius 2 is 1.67 bits per heavy atom. The molecule has 1 heterocycles. The first-order valence-electron chi connectivity index (χ1n) is 5.44. The van der Waals surface area contributed by atoms with E-state index in [9.17, 15) is 5.21 Å². The van der Waals surface area contributed by atoms with Gasteiger partial charge in [-0.2, -0.15) is 0 Å². The SMILES string of the molecule is Cc1ccc(N2CC[N+](C)([O-])CC2)cc1. The van der Waals surface area contributed by atoms with Crippen molar-refractivity contribution in [3.8, 4) is 0 Å². The summed E-state index contributed by atoms with van der Waals surface area (Å²) >= 11 is 0. The molecule has 1 aromatic rings. The van der Waals surface area contributed by atoms with Crippen molar-refractivity contribution < 1.29 is 4.65 Å². The zero-order valence-electron chi connectivity index (χ0n) is 9.44. The second-order valence-corrected chi connectivity index (χ2v) is 4.57. The Labute approximate surface area is 91.1 Å². The van der Waals surface area contributed by atoms with E-state index in [0.717, 1.165) is 13.1 Å². The summed E-state index contributed by atoms with van der Waals surface area (Å²) in [5, 5.41) is 11.7. The average molecular weight is 206 g/mol. The van der Waals surface area contributed by atoms with Gasteiger partial charge in [-0.1, -0.05) is 17.7 Å². The molecule has 0 N–H and O–H groups in total. The summed E-state index contributed by atoms with van der Waals surface area (Å²) in [5.74, 6) is 0. The molecule has 0 aromatic heterocycles. The topological polar surface area (TPSA) is 26.3 Å². The largest absolute Gasteiger partial charge is 0.633 e. The van der Waals surface area contributed by atoms with Crippen LogP contribution in [0.2, 0.25) is 0 Å². The first-order valence-corrected chi connectivity index (χ1v) is 5.44. The van der Waals surface area contributed by atoms with Crippen LogP contribution in [0.4, 0.5) is 5.69 Å². The van der Waals surface area contributed by atoms with Gasteiger partial charge in [0.1, 0.15) is 0 Å². The van der Waals surface area contributed by atoms with Crippen LogP contribution in [-0.4, -0.2) is 37.9 Å². The molecule has 0 bridgehead atoms. The van der Waals surface area contributed by atoms with Crippen molar-refractivity contribution in [2.75, 3.05) is 38.1 Å². The number of rotatable bonds is 1. The number of hydrogen-bond donors (Lipinski definition) is 0. The Morgan fingerprint density at radius 1 is 1.13 bits per heavy atom. The van der Waals surface area contributed by atoms with Crippen LogP contribution in [-0.2, 0) is 0 Å². The van der Waals surface area contributed by atoms with E-state index in [2.05, 4.69) is 36.1 Å². The van der Waals surface area contributed by atoms with Crippen LogP contribution in [0.25, 0.3) is 0 Å². The molecule has 0 unspecified atom stereocenters. The van der Waals surface area contributed by atoms with E-state index in [0.29, 0.717) is 13.1 Å². The molecule has 1 aliphatic rings. The Morgan fingerprint density at radius 3 is 2.20 bits per heavy atom. The summed E-state index contributed by atoms with van der Waals surface area (Å²) in [6.07, 6.45) is 0. The maximum atomic E-state index is 11.7. The third-order valence-electron chi connectivity index (χ3n) is 3.08. The molecule has 3 heteroatoms. The molecule has 1 aromatic carbocycles. The standard InChI is InChI=1S/C12H18N2O/c1-11-3-5-12(6-4-11)13-7-9-14(2,15)10-8-13/h3-6H,7-10H2,1-2H3. The molecular formula is C12H18N2O. The number of quaternary nitrogens is 1. The van der Waals surface area contributed by atoms with Gasteiger partial charge in [-0.3, -0.25) is 0 Å². The van der Waals surface area contributed by atoms with Crippen molar-refractivity contribution in [2.24, 2.45) is 0 Å². The zero-order chi connectivity index (χ0) is 10.9. The van der Waals surface area contributed by atoms with Crippen LogP contribution in [0.5, 0.6) is 0 Å². The van der Waals surface area contributed by atoms with Gasteiger partial charge >= 0.3 is 0 Å². The lowest BCUT2D eigenvalue weighted by Gasteiger charge is -2.45. The molecule has 15 heavy (non-hydrogen) atoms. The lowest BCUT2D eigenvalue weighted by atomic mass is 10.2. The van der Waals surface area contributed by atoms with Crippen molar-refractivity contribution in [1.29, 1.82) is 0 Å². The molecule has 0 atom stereocenters. The Kier molecular flexibility index (Phi) is 2.67. The molecule has 0 aliphatic carbocycles. The van der Waals surface area contributed by atoms with E-state index in [4.69, 9.17) is 0 Å². The minimum atomic E-state index is -0.0949. The highest BCUT2D eigenvalue weighted by molar-refractivity contribution is 5.47. The highest BCUT2D eigenvalue weighted by Gasteiger charge is 2.21. The fraction of sp³-hybridized carbons (Fsp3) is 0.500. The normalized spacial score (nSPS) is 20.3. The van der Waals surface area contributed by atoms with Gasteiger partial charge in [0.2, 0.25) is 0 Å². The van der Waals surface area contributed by atoms with Crippen LogP contribution in [0.1, 0.15) is 5.56 Å². The summed E-state index contributed by atoms with van der Waals surface area (Å²) in [7, 11) is 1.76. The van der Waals surface area contributed by atoms with Crippen LogP contribution in [0.3, 0.4) is 0 Å². The van der Waals surface area contributed by atoms with Crippen molar-refractivity contribution in [2.45, 2.75) is 6.92 Å². The van der Waals surface area contributed by atoms with E-state index < -0.39 is 0 Å². The summed E-state index contributed by atoms with van der Waals surface area (Å²) in [4.78, 5) is 2.29. The molecule has 0 radical (unpaired) electrons. The Bertz CT molecular complexity index is 322. The number of piperazine rings is 1. The predicted molar refractivity (Wildman–Crippen MR) is 62.7 cm³/mol. The predicted octanol–water partition coefficient (Wildman–Crippen LogP) is 1.76. The molecule has 3 nitrogen and oxygen atoms in total. The molecule has 0 spiro atoms. The number of anilines is 1. The Hall–Kier alpha value is -1.06. The minimum Gasteiger partial charge on any atom is -0.633 e. The second-order valence-electron chi connectivity index (χ2n) is 4.57. The number of aryl methyl sites for hydroxylation is 1. The number of likely N-dealkylation sites (N-methyl/N-ethyl adjacent to an activating group) is 1. The fourth-order valence-electron chi connectivity index (χ4n) is 1.90. The van der Waals surface area contributed by atoms with E-state index in [1.807, 2.05) is 0 Å². The van der Waals surface area contributed by atoms with Gasteiger partial charge in [0.25, 0.3) is 0 Å². The van der Waals surface area contributed by atoms with Gasteiger partial charge < -0.3 is 14.8 Å². The smallest absolute Gasteiger partial charge is 0.0960 e. The van der Waals surface area contributed by atoms with E-state index >= 15 is 0 Å². The summed E-state index contributed by atoms with van der Waals surface area (Å²) < 4.78 is -0.0949. The summed E-state index contributed by atoms with van der Waals surface area (Å²) in [6, 6.07) is 8.51. The summed E-state index contributed by atoms with van der Waals surface area (Å²) in [6.45, 7) is 5.19. The summed E-state index contributed by atoms with van der Waals surface area (Å²) in [5.41, 5.74) is 2.51. The Balaban J connectivity index is 2.04. The third-order valence-corrected chi connectivity index (χ3v) is 3.08. The quantitative estimate of drug-likeness (QED) is 0.517. The molecule has 1 saturated heterocycles. The maximum absolute atomic E-state index is 11.7. The minimum absolute atomic E-state index is 0.0949. The molecule has 2 rings (SSSR count). The highest BCUT2D eigenvalue weighted by atomic mass is 16.5. The van der Waals surface area contributed by atoms with Crippen LogP contribution >= 0.6 is 0 Å². The number of benzene rings is 1. The number of nitrogens with zero attached hydrogens (tertiary/aromatic N) is 2. The molecule has 0 saturated carbocycles. The van der Waals surface area contributed by atoms with Crippen molar-refractivity contribution >= 4 is 5.69 Å². The third kappa shape index (κ3) is 2.49. The van der Waals surface area contributed by atoms with Gasteiger partial charge in [-0.05, 0) is 19.1 Å². The second kappa shape index (κ2) is 3.83. The van der Waals surface area contributed by atoms with E-state index in [1.165, 1.54) is 11.3 Å². The van der Waals surface area contributed by atoms with Gasteiger partial charge in [0.05, 0.1) is 33.2 Å². The first-order chi connectivity index (χ1) is 7.07. The van der Waals surface area contributed by atoms with Crippen LogP contribution in [0.15, 0.2) is 24.3 Å². The van der Waals surface area contributed by atoms with Crippen molar-refractivity contribution in [1.82, 2.24) is 0 Å². The fourth-order valence-corrected chi connectivity index (χ4v) is 1.90. The zero-order valence-corrected chi connectivity index (χ0v) is 9.44. The van der Waals surface area contributed by atoms with Gasteiger partial charge in [0, 0.05) is 5.69 Å². The van der Waals surface area contributed by atoms with Gasteiger partial charge in [0.15, 0.2) is 0 Å². The molecular weight excluding hydrogens is 188 g/mol. The first kappa shape index (κ1) is 10.5. The van der Waals surface area contributed by atoms with Gasteiger partial charge in [-0.25, -0.2) is 0 Å². The molecule has 1 aliphatic heterocycles. The van der Waals surface area contributed by atoms with Crippen LogP contribution < -0.4 is 4.90 Å². The lowest BCUT2D eigenvalue weighted by molar-refractivity contribution is -0.861. The van der Waals surface area contributed by atoms with E-state index in [-0.39, 0.29) is 4.65 Å². The highest BCUT2D eigenvalue weighted by Crippen LogP contribution is 2.18.